The number of nitro benzene ring substituents is 1. The number of aromatic nitrogens is 1. The third-order valence-corrected chi connectivity index (χ3v) is 4.16. The molecule has 2 aromatic rings. The Balaban J connectivity index is 2.08. The van der Waals surface area contributed by atoms with Gasteiger partial charge in [0.15, 0.2) is 10.8 Å². The number of hydrogen-bond donors (Lipinski definition) is 2. The van der Waals surface area contributed by atoms with Crippen molar-refractivity contribution in [1.82, 2.24) is 10.4 Å². The Labute approximate surface area is 162 Å². The van der Waals surface area contributed by atoms with Crippen LogP contribution in [0.15, 0.2) is 35.4 Å². The minimum absolute atomic E-state index is 0.0518. The Morgan fingerprint density at radius 2 is 1.96 bits per heavy atom. The molecule has 0 atom stereocenters. The number of nitrogens with one attached hydrogen (secondary N) is 1. The van der Waals surface area contributed by atoms with Crippen molar-refractivity contribution in [1.29, 1.82) is 0 Å². The first-order chi connectivity index (χ1) is 12.3. The highest BCUT2D eigenvalue weighted by Crippen LogP contribution is 2.34. The molecule has 1 amide bonds. The maximum atomic E-state index is 12.0. The first kappa shape index (κ1) is 19.6. The Kier molecular flexibility index (Phi) is 6.51. The number of hydrogen-bond acceptors (Lipinski definition) is 6. The molecule has 8 nitrogen and oxygen atoms in total. The summed E-state index contributed by atoms with van der Waals surface area (Å²) in [5.41, 5.74) is 7.83. The van der Waals surface area contributed by atoms with Crippen molar-refractivity contribution in [2.24, 2.45) is 5.10 Å². The fraction of sp³-hybridized carbons (Fsp3) is 0. The van der Waals surface area contributed by atoms with E-state index in [2.05, 4.69) is 15.5 Å². The molecule has 1 aromatic carbocycles. The monoisotopic (exact) mass is 413 g/mol. The third-order valence-electron chi connectivity index (χ3n) is 3.02. The van der Waals surface area contributed by atoms with Crippen LogP contribution in [0.2, 0.25) is 15.2 Å². The number of nitrogen functional groups attached to an aromatic ring is 1. The van der Waals surface area contributed by atoms with E-state index in [1.165, 1.54) is 24.4 Å². The van der Waals surface area contributed by atoms with Gasteiger partial charge in [0.25, 0.3) is 11.6 Å². The number of amides is 1. The van der Waals surface area contributed by atoms with E-state index in [1.807, 2.05) is 0 Å². The van der Waals surface area contributed by atoms with Gasteiger partial charge in [-0.2, -0.15) is 5.10 Å². The number of para-hydroxylation sites is 1. The van der Waals surface area contributed by atoms with Crippen molar-refractivity contribution in [3.63, 3.8) is 0 Å². The summed E-state index contributed by atoms with van der Waals surface area (Å²) in [5, 5.41) is 14.2. The van der Waals surface area contributed by atoms with E-state index in [-0.39, 0.29) is 32.3 Å². The minimum atomic E-state index is -0.754. The number of allylic oxidation sites excluding steroid dienone is 1. The van der Waals surface area contributed by atoms with Crippen molar-refractivity contribution >= 4 is 64.4 Å². The van der Waals surface area contributed by atoms with Crippen molar-refractivity contribution in [3.8, 4) is 0 Å². The molecule has 0 saturated carbocycles. The lowest BCUT2D eigenvalue weighted by atomic mass is 10.2. The van der Waals surface area contributed by atoms with E-state index >= 15 is 0 Å². The van der Waals surface area contributed by atoms with Crippen LogP contribution in [0.1, 0.15) is 16.1 Å². The number of nitrogens with two attached hydrogens (primary N) is 1. The molecular formula is C15H10Cl3N5O3. The van der Waals surface area contributed by atoms with E-state index in [1.54, 1.807) is 18.2 Å². The van der Waals surface area contributed by atoms with E-state index in [4.69, 9.17) is 40.5 Å². The number of anilines is 1. The normalized spacial score (nSPS) is 11.2. The van der Waals surface area contributed by atoms with Crippen molar-refractivity contribution < 1.29 is 9.72 Å². The Hall–Kier alpha value is -2.68. The van der Waals surface area contributed by atoms with Crippen LogP contribution in [-0.2, 0) is 0 Å². The maximum Gasteiger partial charge on any atom is 0.291 e. The molecule has 0 fully saturated rings. The van der Waals surface area contributed by atoms with Gasteiger partial charge in [-0.25, -0.2) is 10.4 Å². The number of hydrazone groups is 1. The second kappa shape index (κ2) is 8.61. The molecule has 0 aliphatic carbocycles. The van der Waals surface area contributed by atoms with Crippen molar-refractivity contribution in [2.75, 3.05) is 5.73 Å². The van der Waals surface area contributed by atoms with Crippen molar-refractivity contribution in [3.05, 3.63) is 66.9 Å². The molecule has 2 rings (SSSR count). The van der Waals surface area contributed by atoms with Gasteiger partial charge in [0, 0.05) is 12.3 Å². The summed E-state index contributed by atoms with van der Waals surface area (Å²) in [6.07, 6.45) is 4.11. The molecule has 0 bridgehead atoms. The largest absolute Gasteiger partial charge is 0.396 e. The first-order valence-electron chi connectivity index (χ1n) is 6.86. The summed E-state index contributed by atoms with van der Waals surface area (Å²) in [5.74, 6) is -0.754. The van der Waals surface area contributed by atoms with Gasteiger partial charge in [-0.3, -0.25) is 14.9 Å². The van der Waals surface area contributed by atoms with E-state index in [0.717, 1.165) is 0 Å². The number of pyridine rings is 1. The van der Waals surface area contributed by atoms with Gasteiger partial charge in [0.05, 0.1) is 21.2 Å². The number of carbonyl (C=O) groups is 1. The SMILES string of the molecule is Nc1c(Cl)c(Cl)nc(C(=O)NN=CC=Cc2ccccc2[N+](=O)[O-])c1Cl. The summed E-state index contributed by atoms with van der Waals surface area (Å²) in [7, 11) is 0. The highest BCUT2D eigenvalue weighted by Gasteiger charge is 2.19. The Morgan fingerprint density at radius 1 is 1.27 bits per heavy atom. The average molecular weight is 415 g/mol. The summed E-state index contributed by atoms with van der Waals surface area (Å²) in [4.78, 5) is 26.2. The fourth-order valence-electron chi connectivity index (χ4n) is 1.82. The molecule has 3 N–H and O–H groups in total. The Bertz CT molecular complexity index is 931. The van der Waals surface area contributed by atoms with Crippen LogP contribution in [0.5, 0.6) is 0 Å². The van der Waals surface area contributed by atoms with Crippen LogP contribution in [0.4, 0.5) is 11.4 Å². The lowest BCUT2D eigenvalue weighted by Crippen LogP contribution is -2.20. The molecule has 0 radical (unpaired) electrons. The smallest absolute Gasteiger partial charge is 0.291 e. The second-order valence-electron chi connectivity index (χ2n) is 4.69. The van der Waals surface area contributed by atoms with Crippen LogP contribution in [0.3, 0.4) is 0 Å². The zero-order valence-electron chi connectivity index (χ0n) is 12.8. The number of benzene rings is 1. The number of nitro groups is 1. The molecule has 1 heterocycles. The van der Waals surface area contributed by atoms with E-state index in [9.17, 15) is 14.9 Å². The molecular weight excluding hydrogens is 405 g/mol. The maximum absolute atomic E-state index is 12.0. The lowest BCUT2D eigenvalue weighted by molar-refractivity contribution is -0.385. The summed E-state index contributed by atoms with van der Waals surface area (Å²) in [6, 6.07) is 6.17. The molecule has 0 spiro atoms. The van der Waals surface area contributed by atoms with Gasteiger partial charge in [-0.05, 0) is 18.2 Å². The van der Waals surface area contributed by atoms with Gasteiger partial charge in [-0.1, -0.05) is 46.9 Å². The number of rotatable bonds is 5. The zero-order chi connectivity index (χ0) is 19.3. The van der Waals surface area contributed by atoms with E-state index in [0.29, 0.717) is 5.56 Å². The molecule has 0 aliphatic heterocycles. The van der Waals surface area contributed by atoms with Crippen LogP contribution in [-0.4, -0.2) is 22.0 Å². The van der Waals surface area contributed by atoms with Gasteiger partial charge in [0.1, 0.15) is 5.02 Å². The highest BCUT2D eigenvalue weighted by molar-refractivity contribution is 6.46. The lowest BCUT2D eigenvalue weighted by Gasteiger charge is -2.07. The second-order valence-corrected chi connectivity index (χ2v) is 5.80. The molecule has 0 aliphatic rings. The third kappa shape index (κ3) is 4.48. The average Bonchev–Trinajstić information content (AvgIpc) is 2.62. The summed E-state index contributed by atoms with van der Waals surface area (Å²) >= 11 is 17.4. The highest BCUT2D eigenvalue weighted by atomic mass is 35.5. The van der Waals surface area contributed by atoms with Crippen LogP contribution < -0.4 is 11.2 Å². The van der Waals surface area contributed by atoms with Crippen LogP contribution in [0.25, 0.3) is 6.08 Å². The molecule has 134 valence electrons. The molecule has 26 heavy (non-hydrogen) atoms. The summed E-state index contributed by atoms with van der Waals surface area (Å²) < 4.78 is 0. The quantitative estimate of drug-likeness (QED) is 0.332. The first-order valence-corrected chi connectivity index (χ1v) is 7.99. The predicted octanol–water partition coefficient (Wildman–Crippen LogP) is 3.96. The predicted molar refractivity (Wildman–Crippen MR) is 102 cm³/mol. The van der Waals surface area contributed by atoms with Gasteiger partial charge < -0.3 is 5.73 Å². The fourth-order valence-corrected chi connectivity index (χ4v) is 2.41. The van der Waals surface area contributed by atoms with Gasteiger partial charge in [-0.15, -0.1) is 0 Å². The standard InChI is InChI=1S/C15H10Cl3N5O3/c16-10-12(19)11(17)14(18)21-13(10)15(24)22-20-7-3-5-8-4-1-2-6-9(8)23(25)26/h1-7H,(H2,19,21)(H,22,24). The minimum Gasteiger partial charge on any atom is -0.396 e. The van der Waals surface area contributed by atoms with Crippen LogP contribution in [0, 0.1) is 10.1 Å². The molecule has 0 unspecified atom stereocenters. The molecule has 1 aromatic heterocycles. The van der Waals surface area contributed by atoms with Crippen LogP contribution >= 0.6 is 34.8 Å². The molecule has 0 saturated heterocycles. The number of halogens is 3. The van der Waals surface area contributed by atoms with Gasteiger partial charge >= 0.3 is 0 Å². The van der Waals surface area contributed by atoms with Gasteiger partial charge in [0.2, 0.25) is 0 Å². The summed E-state index contributed by atoms with van der Waals surface area (Å²) in [6.45, 7) is 0. The number of nitrogens with zero attached hydrogens (tertiary/aromatic N) is 3. The Morgan fingerprint density at radius 3 is 2.65 bits per heavy atom. The van der Waals surface area contributed by atoms with Crippen molar-refractivity contribution in [2.45, 2.75) is 0 Å². The molecule has 11 heteroatoms. The van der Waals surface area contributed by atoms with E-state index < -0.39 is 10.8 Å². The topological polar surface area (TPSA) is 124 Å². The number of carbonyl (C=O) groups excluding carboxylic acids is 1. The zero-order valence-corrected chi connectivity index (χ0v) is 15.1.